The molecule has 0 saturated carbocycles. The van der Waals surface area contributed by atoms with E-state index in [0.29, 0.717) is 6.61 Å². The molecule has 0 aliphatic carbocycles. The molecule has 56 valence electrons. The van der Waals surface area contributed by atoms with Crippen LogP contribution in [0.4, 0.5) is 0 Å². The van der Waals surface area contributed by atoms with Gasteiger partial charge in [0.2, 0.25) is 0 Å². The normalized spacial score (nSPS) is 7.44. The first kappa shape index (κ1) is 11.9. The van der Waals surface area contributed by atoms with E-state index in [1.54, 1.807) is 0 Å². The summed E-state index contributed by atoms with van der Waals surface area (Å²) in [5.41, 5.74) is 1.50. The molecule has 0 fully saturated rings. The molecule has 0 unspecified atom stereocenters. The van der Waals surface area contributed by atoms with Crippen LogP contribution in [-0.4, -0.2) is 17.2 Å². The zero-order valence-corrected chi connectivity index (χ0v) is 6.32. The average Bonchev–Trinajstić information content (AvgIpc) is 1.86. The maximum atomic E-state index is 7.68. The summed E-state index contributed by atoms with van der Waals surface area (Å²) in [6.07, 6.45) is 1.52. The molecule has 0 spiro atoms. The fourth-order valence-electron chi connectivity index (χ4n) is 0.0962. The lowest BCUT2D eigenvalue weighted by Gasteiger charge is -1.88. The topological polar surface area (TPSA) is 41.5 Å². The molecule has 5 heteroatoms. The van der Waals surface area contributed by atoms with Gasteiger partial charge in [-0.15, -0.1) is 29.8 Å². The van der Waals surface area contributed by atoms with Crippen molar-refractivity contribution in [1.82, 2.24) is 5.64 Å². The SMILES string of the molecule is C=CCONO.ClCCl. The van der Waals surface area contributed by atoms with Gasteiger partial charge in [-0.05, 0) is 0 Å². The second-order valence-corrected chi connectivity index (χ2v) is 1.60. The van der Waals surface area contributed by atoms with Gasteiger partial charge in [-0.1, -0.05) is 11.7 Å². The van der Waals surface area contributed by atoms with E-state index in [9.17, 15) is 0 Å². The second-order valence-electron chi connectivity index (χ2n) is 0.792. The Morgan fingerprint density at radius 2 is 2.11 bits per heavy atom. The number of rotatable bonds is 3. The fourth-order valence-corrected chi connectivity index (χ4v) is 0.0962. The van der Waals surface area contributed by atoms with Crippen LogP contribution in [0.2, 0.25) is 0 Å². The molecule has 0 radical (unpaired) electrons. The third-order valence-corrected chi connectivity index (χ3v) is 0.266. The maximum Gasteiger partial charge on any atom is 0.0967 e. The Balaban J connectivity index is 0. The Morgan fingerprint density at radius 1 is 1.67 bits per heavy atom. The summed E-state index contributed by atoms with van der Waals surface area (Å²) in [5, 5.41) is 7.87. The van der Waals surface area contributed by atoms with Crippen molar-refractivity contribution in [2.75, 3.05) is 11.9 Å². The molecule has 0 bridgehead atoms. The molecule has 0 atom stereocenters. The van der Waals surface area contributed by atoms with Gasteiger partial charge in [0.05, 0.1) is 11.9 Å². The first-order chi connectivity index (χ1) is 4.33. The minimum Gasteiger partial charge on any atom is -0.292 e. The van der Waals surface area contributed by atoms with Gasteiger partial charge in [-0.25, -0.2) is 0 Å². The van der Waals surface area contributed by atoms with Crippen LogP contribution in [0.1, 0.15) is 0 Å². The first-order valence-electron chi connectivity index (χ1n) is 2.07. The van der Waals surface area contributed by atoms with E-state index in [4.69, 9.17) is 28.4 Å². The van der Waals surface area contributed by atoms with Crippen molar-refractivity contribution in [2.24, 2.45) is 0 Å². The molecule has 0 aliphatic rings. The molecule has 9 heavy (non-hydrogen) atoms. The highest BCUT2D eigenvalue weighted by Gasteiger charge is 1.67. The van der Waals surface area contributed by atoms with E-state index >= 15 is 0 Å². The van der Waals surface area contributed by atoms with E-state index < -0.39 is 0 Å². The Morgan fingerprint density at radius 3 is 2.22 bits per heavy atom. The van der Waals surface area contributed by atoms with Crippen molar-refractivity contribution in [3.8, 4) is 0 Å². The van der Waals surface area contributed by atoms with Crippen molar-refractivity contribution in [1.29, 1.82) is 0 Å². The van der Waals surface area contributed by atoms with Crippen molar-refractivity contribution in [3.05, 3.63) is 12.7 Å². The Bertz CT molecular complexity index is 53.8. The van der Waals surface area contributed by atoms with Gasteiger partial charge in [-0.3, -0.25) is 10.0 Å². The van der Waals surface area contributed by atoms with Crippen molar-refractivity contribution < 1.29 is 10.0 Å². The number of hydrogen-bond donors (Lipinski definition) is 2. The molecule has 0 aliphatic heterocycles. The molecule has 0 aromatic rings. The molecule has 2 N–H and O–H groups in total. The minimum absolute atomic E-state index is 0.194. The average molecular weight is 174 g/mol. The summed E-state index contributed by atoms with van der Waals surface area (Å²) < 4.78 is 0. The van der Waals surface area contributed by atoms with E-state index in [1.807, 2.05) is 0 Å². The fraction of sp³-hybridized carbons (Fsp3) is 0.500. The van der Waals surface area contributed by atoms with Crippen molar-refractivity contribution in [2.45, 2.75) is 0 Å². The zero-order chi connectivity index (χ0) is 7.54. The van der Waals surface area contributed by atoms with Crippen LogP contribution in [0.15, 0.2) is 12.7 Å². The van der Waals surface area contributed by atoms with Gasteiger partial charge >= 0.3 is 0 Å². The van der Waals surface area contributed by atoms with Gasteiger partial charge in [0.25, 0.3) is 0 Å². The van der Waals surface area contributed by atoms with Crippen LogP contribution < -0.4 is 5.64 Å². The Labute approximate surface area is 64.1 Å². The summed E-state index contributed by atoms with van der Waals surface area (Å²) in [6, 6.07) is 0. The van der Waals surface area contributed by atoms with Gasteiger partial charge in [0.1, 0.15) is 0 Å². The molecular formula is C4H9Cl2NO2. The monoisotopic (exact) mass is 173 g/mol. The summed E-state index contributed by atoms with van der Waals surface area (Å²) in [5.74, 6) is 0. The first-order valence-corrected chi connectivity index (χ1v) is 3.14. The molecule has 0 amide bonds. The summed E-state index contributed by atoms with van der Waals surface area (Å²) >= 11 is 9.53. The molecule has 0 aromatic heterocycles. The highest BCUT2D eigenvalue weighted by molar-refractivity contribution is 6.40. The summed E-state index contributed by atoms with van der Waals surface area (Å²) in [4.78, 5) is 4.17. The molecule has 0 aromatic carbocycles. The van der Waals surface area contributed by atoms with Gasteiger partial charge in [-0.2, -0.15) is 0 Å². The minimum atomic E-state index is 0.194. The number of halogens is 2. The lowest BCUT2D eigenvalue weighted by atomic mass is 10.7. The molecule has 0 rings (SSSR count). The smallest absolute Gasteiger partial charge is 0.0967 e. The quantitative estimate of drug-likeness (QED) is 0.295. The Hall–Kier alpha value is 0.200. The van der Waals surface area contributed by atoms with Gasteiger partial charge in [0, 0.05) is 0 Å². The predicted octanol–water partition coefficient (Wildman–Crippen LogP) is 1.50. The maximum absolute atomic E-state index is 7.68. The third kappa shape index (κ3) is 30.8. The van der Waals surface area contributed by atoms with Crippen LogP contribution in [0, 0.1) is 0 Å². The third-order valence-electron chi connectivity index (χ3n) is 0.266. The van der Waals surface area contributed by atoms with Crippen molar-refractivity contribution >= 4 is 23.2 Å². The van der Waals surface area contributed by atoms with Crippen LogP contribution >= 0.6 is 23.2 Å². The molecule has 3 nitrogen and oxygen atoms in total. The summed E-state index contributed by atoms with van der Waals surface area (Å²) in [6.45, 7) is 3.64. The lowest BCUT2D eigenvalue weighted by Crippen LogP contribution is -2.06. The number of nitrogens with one attached hydrogen (secondary N) is 1. The summed E-state index contributed by atoms with van der Waals surface area (Å²) in [7, 11) is 0. The largest absolute Gasteiger partial charge is 0.292 e. The van der Waals surface area contributed by atoms with Crippen LogP contribution in [0.5, 0.6) is 0 Å². The van der Waals surface area contributed by atoms with E-state index in [2.05, 4.69) is 11.4 Å². The zero-order valence-electron chi connectivity index (χ0n) is 4.81. The molecule has 0 saturated heterocycles. The van der Waals surface area contributed by atoms with Crippen LogP contribution in [0.25, 0.3) is 0 Å². The van der Waals surface area contributed by atoms with Gasteiger partial charge in [0.15, 0.2) is 0 Å². The van der Waals surface area contributed by atoms with Crippen LogP contribution in [-0.2, 0) is 4.84 Å². The van der Waals surface area contributed by atoms with E-state index in [0.717, 1.165) is 0 Å². The Kier molecular flexibility index (Phi) is 20.8. The number of alkyl halides is 2. The highest BCUT2D eigenvalue weighted by atomic mass is 35.5. The molecular weight excluding hydrogens is 165 g/mol. The van der Waals surface area contributed by atoms with Crippen LogP contribution in [0.3, 0.4) is 0 Å². The highest BCUT2D eigenvalue weighted by Crippen LogP contribution is 1.73. The standard InChI is InChI=1S/C3H7NO2.CH2Cl2/c1-2-3-6-4-5;2-1-3/h2,4-5H,1,3H2;1H2. The second kappa shape index (κ2) is 15.7. The molecule has 0 heterocycles. The predicted molar refractivity (Wildman–Crippen MR) is 37.6 cm³/mol. The van der Waals surface area contributed by atoms with Crippen molar-refractivity contribution in [3.63, 3.8) is 0 Å². The van der Waals surface area contributed by atoms with Gasteiger partial charge < -0.3 is 0 Å². The lowest BCUT2D eigenvalue weighted by molar-refractivity contribution is -0.116. The van der Waals surface area contributed by atoms with E-state index in [-0.39, 0.29) is 5.34 Å². The van der Waals surface area contributed by atoms with E-state index in [1.165, 1.54) is 11.7 Å². The number of hydrogen-bond acceptors (Lipinski definition) is 3.